The molecule has 0 atom stereocenters. The average molecular weight is 383 g/mol. The second-order valence-corrected chi connectivity index (χ2v) is 5.90. The second kappa shape index (κ2) is 7.39. The molecule has 1 heterocycles. The molecule has 0 spiro atoms. The fourth-order valence-electron chi connectivity index (χ4n) is 2.94. The Morgan fingerprint density at radius 3 is 2.29 bits per heavy atom. The highest BCUT2D eigenvalue weighted by atomic mass is 16.6. The van der Waals surface area contributed by atoms with Gasteiger partial charge in [-0.15, -0.1) is 0 Å². The van der Waals surface area contributed by atoms with E-state index in [0.717, 1.165) is 0 Å². The van der Waals surface area contributed by atoms with E-state index in [-0.39, 0.29) is 11.4 Å². The highest BCUT2D eigenvalue weighted by Gasteiger charge is 2.23. The highest BCUT2D eigenvalue weighted by molar-refractivity contribution is 5.88. The molecule has 3 aromatic rings. The number of aromatic nitrogens is 2. The Morgan fingerprint density at radius 1 is 1.14 bits per heavy atom. The number of carbonyl (C=O) groups is 1. The minimum atomic E-state index is -1.20. The van der Waals surface area contributed by atoms with Gasteiger partial charge in [-0.3, -0.25) is 10.1 Å². The molecular formula is C19H17N3O6. The van der Waals surface area contributed by atoms with Crippen molar-refractivity contribution in [1.82, 2.24) is 9.78 Å². The molecule has 2 aromatic carbocycles. The molecule has 1 aromatic heterocycles. The molecule has 3 rings (SSSR count). The molecule has 28 heavy (non-hydrogen) atoms. The lowest BCUT2D eigenvalue weighted by Crippen LogP contribution is -2.05. The maximum absolute atomic E-state index is 11.5. The lowest BCUT2D eigenvalue weighted by molar-refractivity contribution is -0.384. The number of hydrogen-bond acceptors (Lipinski definition) is 6. The van der Waals surface area contributed by atoms with Crippen LogP contribution in [0.3, 0.4) is 0 Å². The van der Waals surface area contributed by atoms with Crippen LogP contribution in [0.2, 0.25) is 0 Å². The zero-order chi connectivity index (χ0) is 20.4. The Labute approximate surface area is 159 Å². The summed E-state index contributed by atoms with van der Waals surface area (Å²) in [6.07, 6.45) is 0. The first-order valence-corrected chi connectivity index (χ1v) is 8.17. The van der Waals surface area contributed by atoms with E-state index in [4.69, 9.17) is 9.47 Å². The lowest BCUT2D eigenvalue weighted by Gasteiger charge is -2.15. The zero-order valence-electron chi connectivity index (χ0n) is 15.4. The van der Waals surface area contributed by atoms with Crippen LogP contribution < -0.4 is 9.47 Å². The third kappa shape index (κ3) is 3.25. The van der Waals surface area contributed by atoms with Crippen molar-refractivity contribution in [1.29, 1.82) is 0 Å². The van der Waals surface area contributed by atoms with Crippen molar-refractivity contribution in [3.63, 3.8) is 0 Å². The number of rotatable bonds is 6. The van der Waals surface area contributed by atoms with Gasteiger partial charge < -0.3 is 14.6 Å². The van der Waals surface area contributed by atoms with Gasteiger partial charge in [0.25, 0.3) is 5.69 Å². The van der Waals surface area contributed by atoms with Crippen LogP contribution in [-0.2, 0) is 0 Å². The largest absolute Gasteiger partial charge is 0.496 e. The summed E-state index contributed by atoms with van der Waals surface area (Å²) in [4.78, 5) is 22.1. The summed E-state index contributed by atoms with van der Waals surface area (Å²) in [6, 6.07) is 10.9. The van der Waals surface area contributed by atoms with Gasteiger partial charge in [0.2, 0.25) is 0 Å². The van der Waals surface area contributed by atoms with E-state index >= 15 is 0 Å². The van der Waals surface area contributed by atoms with Gasteiger partial charge in [0.15, 0.2) is 5.69 Å². The molecule has 0 aliphatic rings. The van der Waals surface area contributed by atoms with Crippen molar-refractivity contribution in [3.8, 4) is 28.4 Å². The monoisotopic (exact) mass is 383 g/mol. The summed E-state index contributed by atoms with van der Waals surface area (Å²) >= 11 is 0. The lowest BCUT2D eigenvalue weighted by atomic mass is 10.1. The topological polar surface area (TPSA) is 117 Å². The summed E-state index contributed by atoms with van der Waals surface area (Å²) < 4.78 is 12.3. The number of aromatic carboxylic acids is 1. The molecule has 0 fully saturated rings. The van der Waals surface area contributed by atoms with E-state index in [1.165, 1.54) is 43.2 Å². The SMILES string of the molecule is COc1cccc(OC)c1-c1cc(C(=O)O)nn1-c1ccc([N+](=O)[O-])cc1C. The Hall–Kier alpha value is -3.88. The standard InChI is InChI=1S/C19H17N3O6/c1-11-9-12(22(25)26)7-8-14(11)21-15(10-13(20-21)19(23)24)18-16(27-2)5-4-6-17(18)28-3/h4-10H,1-3H3,(H,23,24). The number of methoxy groups -OCH3 is 2. The molecule has 0 unspecified atom stereocenters. The molecule has 0 aliphatic carbocycles. The van der Waals surface area contributed by atoms with E-state index in [0.29, 0.717) is 34.0 Å². The number of ether oxygens (including phenoxy) is 2. The quantitative estimate of drug-likeness (QED) is 0.511. The fourth-order valence-corrected chi connectivity index (χ4v) is 2.94. The number of non-ortho nitro benzene ring substituents is 1. The predicted molar refractivity (Wildman–Crippen MR) is 100 cm³/mol. The molecule has 9 nitrogen and oxygen atoms in total. The van der Waals surface area contributed by atoms with Crippen molar-refractivity contribution in [2.45, 2.75) is 6.92 Å². The Kier molecular flexibility index (Phi) is 4.99. The molecule has 0 radical (unpaired) electrons. The summed E-state index contributed by atoms with van der Waals surface area (Å²) in [5.41, 5.74) is 1.75. The first kappa shape index (κ1) is 18.9. The van der Waals surface area contributed by atoms with E-state index in [2.05, 4.69) is 5.10 Å². The predicted octanol–water partition coefficient (Wildman–Crippen LogP) is 3.47. The maximum Gasteiger partial charge on any atom is 0.356 e. The van der Waals surface area contributed by atoms with E-state index in [1.807, 2.05) is 0 Å². The Morgan fingerprint density at radius 2 is 1.79 bits per heavy atom. The fraction of sp³-hybridized carbons (Fsp3) is 0.158. The van der Waals surface area contributed by atoms with Crippen LogP contribution in [-0.4, -0.2) is 40.0 Å². The van der Waals surface area contributed by atoms with E-state index in [1.54, 1.807) is 25.1 Å². The van der Waals surface area contributed by atoms with Gasteiger partial charge in [-0.25, -0.2) is 9.48 Å². The molecule has 0 amide bonds. The molecule has 0 saturated heterocycles. The number of nitrogens with zero attached hydrogens (tertiary/aromatic N) is 3. The zero-order valence-corrected chi connectivity index (χ0v) is 15.4. The highest BCUT2D eigenvalue weighted by Crippen LogP contribution is 2.40. The van der Waals surface area contributed by atoms with Gasteiger partial charge in [0, 0.05) is 12.1 Å². The minimum absolute atomic E-state index is 0.0664. The number of hydrogen-bond donors (Lipinski definition) is 1. The number of aryl methyl sites for hydroxylation is 1. The van der Waals surface area contributed by atoms with E-state index < -0.39 is 10.9 Å². The maximum atomic E-state index is 11.5. The number of carboxylic acids is 1. The van der Waals surface area contributed by atoms with Crippen molar-refractivity contribution in [3.05, 3.63) is 63.8 Å². The van der Waals surface area contributed by atoms with Gasteiger partial charge in [0.1, 0.15) is 11.5 Å². The van der Waals surface area contributed by atoms with Crippen LogP contribution >= 0.6 is 0 Å². The van der Waals surface area contributed by atoms with Gasteiger partial charge in [0.05, 0.1) is 36.1 Å². The average Bonchev–Trinajstić information content (AvgIpc) is 3.12. The molecule has 1 N–H and O–H groups in total. The molecule has 0 aliphatic heterocycles. The second-order valence-electron chi connectivity index (χ2n) is 5.90. The molecule has 9 heteroatoms. The van der Waals surface area contributed by atoms with Crippen LogP contribution in [0.15, 0.2) is 42.5 Å². The summed E-state index contributed by atoms with van der Waals surface area (Å²) in [5.74, 6) is -0.262. The van der Waals surface area contributed by atoms with Crippen LogP contribution in [0.1, 0.15) is 16.1 Å². The smallest absolute Gasteiger partial charge is 0.356 e. The van der Waals surface area contributed by atoms with Crippen LogP contribution in [0.5, 0.6) is 11.5 Å². The van der Waals surface area contributed by atoms with Crippen molar-refractivity contribution in [2.24, 2.45) is 0 Å². The van der Waals surface area contributed by atoms with Crippen LogP contribution in [0.25, 0.3) is 16.9 Å². The summed E-state index contributed by atoms with van der Waals surface area (Å²) in [5, 5.41) is 24.6. The van der Waals surface area contributed by atoms with Crippen LogP contribution in [0, 0.1) is 17.0 Å². The molecule has 0 saturated carbocycles. The van der Waals surface area contributed by atoms with Gasteiger partial charge in [-0.1, -0.05) is 6.07 Å². The van der Waals surface area contributed by atoms with Gasteiger partial charge >= 0.3 is 5.97 Å². The van der Waals surface area contributed by atoms with Gasteiger partial charge in [-0.05, 0) is 36.8 Å². The summed E-state index contributed by atoms with van der Waals surface area (Å²) in [6.45, 7) is 1.69. The van der Waals surface area contributed by atoms with Gasteiger partial charge in [-0.2, -0.15) is 5.10 Å². The first-order valence-electron chi connectivity index (χ1n) is 8.17. The number of carboxylic acid groups (broad SMARTS) is 1. The number of nitro benzene ring substituents is 1. The third-order valence-electron chi connectivity index (χ3n) is 4.23. The van der Waals surface area contributed by atoms with Crippen molar-refractivity contribution >= 4 is 11.7 Å². The third-order valence-corrected chi connectivity index (χ3v) is 4.23. The molecular weight excluding hydrogens is 366 g/mol. The van der Waals surface area contributed by atoms with E-state index in [9.17, 15) is 20.0 Å². The first-order chi connectivity index (χ1) is 13.4. The number of nitro groups is 1. The minimum Gasteiger partial charge on any atom is -0.496 e. The van der Waals surface area contributed by atoms with Crippen molar-refractivity contribution < 1.29 is 24.3 Å². The normalized spacial score (nSPS) is 10.5. The summed E-state index contributed by atoms with van der Waals surface area (Å²) in [7, 11) is 2.99. The Balaban J connectivity index is 2.31. The van der Waals surface area contributed by atoms with Crippen LogP contribution in [0.4, 0.5) is 5.69 Å². The number of benzene rings is 2. The molecule has 0 bridgehead atoms. The Bertz CT molecular complexity index is 1050. The van der Waals surface area contributed by atoms with Crippen molar-refractivity contribution in [2.75, 3.05) is 14.2 Å². The molecule has 144 valence electrons.